The summed E-state index contributed by atoms with van der Waals surface area (Å²) in [6, 6.07) is 12.9. The Balaban J connectivity index is 1.34. The number of benzene rings is 1. The number of aromatic hydroxyl groups is 1. The maximum atomic E-state index is 16.2. The van der Waals surface area contributed by atoms with Gasteiger partial charge in [-0.1, -0.05) is 31.0 Å². The van der Waals surface area contributed by atoms with Crippen LogP contribution in [0, 0.1) is 17.1 Å². The zero-order valence-electron chi connectivity index (χ0n) is 23.3. The second-order valence-corrected chi connectivity index (χ2v) is 11.0. The number of halogens is 1. The second kappa shape index (κ2) is 12.1. The van der Waals surface area contributed by atoms with Crippen LogP contribution in [0.25, 0.3) is 28.2 Å². The van der Waals surface area contributed by atoms with Gasteiger partial charge in [-0.25, -0.2) is 18.9 Å². The highest BCUT2D eigenvalue weighted by Gasteiger charge is 2.27. The molecule has 1 aliphatic carbocycles. The van der Waals surface area contributed by atoms with Gasteiger partial charge in [0.2, 0.25) is 5.91 Å². The number of carbonyl (C=O) groups excluding carboxylic acids is 1. The smallest absolute Gasteiger partial charge is 0.236 e. The third kappa shape index (κ3) is 5.76. The summed E-state index contributed by atoms with van der Waals surface area (Å²) in [5.74, 6) is -0.516. The molecule has 6 rings (SSSR count). The SMILES string of the molecule is N#CCC(=O)N1CCC[C@@H](Nc2nc(-c3cnn4ccccc34)nc(-c3ccc(CNC4CCCC4)c(O)c3)c2F)C1. The average Bonchev–Trinajstić information content (AvgIpc) is 3.68. The Morgan fingerprint density at radius 3 is 2.76 bits per heavy atom. The summed E-state index contributed by atoms with van der Waals surface area (Å²) >= 11 is 0. The van der Waals surface area contributed by atoms with E-state index in [1.165, 1.54) is 12.8 Å². The Kier molecular flexibility index (Phi) is 7.97. The number of phenolic OH excluding ortho intramolecular Hbond substituents is 1. The number of anilines is 1. The molecule has 4 heterocycles. The first kappa shape index (κ1) is 27.6. The number of fused-ring (bicyclic) bond motifs is 1. The summed E-state index contributed by atoms with van der Waals surface area (Å²) in [4.78, 5) is 23.2. The normalized spacial score (nSPS) is 17.4. The molecule has 1 aliphatic heterocycles. The number of nitrogens with zero attached hydrogens (tertiary/aromatic N) is 6. The molecule has 10 nitrogen and oxygen atoms in total. The van der Waals surface area contributed by atoms with Crippen LogP contribution in [0.1, 0.15) is 50.5 Å². The minimum atomic E-state index is -0.646. The van der Waals surface area contributed by atoms with Crippen molar-refractivity contribution in [1.82, 2.24) is 29.8 Å². The first-order valence-corrected chi connectivity index (χ1v) is 14.5. The Hall–Kier alpha value is -4.56. The van der Waals surface area contributed by atoms with Crippen molar-refractivity contribution in [2.75, 3.05) is 18.4 Å². The Labute approximate surface area is 243 Å². The summed E-state index contributed by atoms with van der Waals surface area (Å²) in [6.45, 7) is 1.44. The van der Waals surface area contributed by atoms with Crippen LogP contribution < -0.4 is 10.6 Å². The molecule has 3 N–H and O–H groups in total. The minimum Gasteiger partial charge on any atom is -0.508 e. The van der Waals surface area contributed by atoms with Crippen LogP contribution in [0.15, 0.2) is 48.8 Å². The molecule has 0 bridgehead atoms. The van der Waals surface area contributed by atoms with Crippen molar-refractivity contribution in [1.29, 1.82) is 5.26 Å². The van der Waals surface area contributed by atoms with Gasteiger partial charge in [0.1, 0.15) is 17.9 Å². The van der Waals surface area contributed by atoms with Gasteiger partial charge in [-0.15, -0.1) is 0 Å². The van der Waals surface area contributed by atoms with Crippen molar-refractivity contribution in [3.63, 3.8) is 0 Å². The second-order valence-electron chi connectivity index (χ2n) is 11.0. The molecular weight excluding hydrogens is 535 g/mol. The lowest BCUT2D eigenvalue weighted by Gasteiger charge is -2.33. The lowest BCUT2D eigenvalue weighted by Crippen LogP contribution is -2.45. The molecule has 1 saturated carbocycles. The number of hydrogen-bond acceptors (Lipinski definition) is 8. The molecule has 2 fully saturated rings. The number of rotatable bonds is 8. The van der Waals surface area contributed by atoms with Gasteiger partial charge >= 0.3 is 0 Å². The molecule has 4 aromatic rings. The number of hydrogen-bond donors (Lipinski definition) is 3. The average molecular weight is 569 g/mol. The van der Waals surface area contributed by atoms with Crippen molar-refractivity contribution >= 4 is 17.2 Å². The fourth-order valence-electron chi connectivity index (χ4n) is 5.90. The van der Waals surface area contributed by atoms with Crippen molar-refractivity contribution < 1.29 is 14.3 Å². The summed E-state index contributed by atoms with van der Waals surface area (Å²) < 4.78 is 17.9. The molecule has 216 valence electrons. The van der Waals surface area contributed by atoms with Gasteiger partial charge in [0.05, 0.1) is 23.3 Å². The van der Waals surface area contributed by atoms with Crippen molar-refractivity contribution in [2.45, 2.75) is 63.6 Å². The topological polar surface area (TPSA) is 131 Å². The number of nitrogens with one attached hydrogen (secondary N) is 2. The van der Waals surface area contributed by atoms with E-state index in [0.717, 1.165) is 30.3 Å². The van der Waals surface area contributed by atoms with Gasteiger partial charge in [0.25, 0.3) is 0 Å². The van der Waals surface area contributed by atoms with E-state index in [1.54, 1.807) is 33.8 Å². The molecule has 1 saturated heterocycles. The van der Waals surface area contributed by atoms with Gasteiger partial charge in [0, 0.05) is 49.0 Å². The van der Waals surface area contributed by atoms with Crippen LogP contribution >= 0.6 is 0 Å². The molecular formula is C31H33FN8O2. The summed E-state index contributed by atoms with van der Waals surface area (Å²) in [5, 5.41) is 30.9. The number of nitriles is 1. The van der Waals surface area contributed by atoms with Crippen LogP contribution in [0.4, 0.5) is 10.2 Å². The summed E-state index contributed by atoms with van der Waals surface area (Å²) in [7, 11) is 0. The maximum absolute atomic E-state index is 16.2. The van der Waals surface area contributed by atoms with E-state index in [2.05, 4.69) is 25.7 Å². The number of carbonyl (C=O) groups is 1. The third-order valence-corrected chi connectivity index (χ3v) is 8.16. The maximum Gasteiger partial charge on any atom is 0.236 e. The lowest BCUT2D eigenvalue weighted by atomic mass is 10.0. The Morgan fingerprint density at radius 2 is 1.95 bits per heavy atom. The molecule has 3 aromatic heterocycles. The van der Waals surface area contributed by atoms with E-state index >= 15 is 4.39 Å². The molecule has 1 amide bonds. The molecule has 2 aliphatic rings. The number of aromatic nitrogens is 4. The fourth-order valence-corrected chi connectivity index (χ4v) is 5.90. The van der Waals surface area contributed by atoms with Gasteiger partial charge in [-0.05, 0) is 43.9 Å². The predicted molar refractivity (Wildman–Crippen MR) is 156 cm³/mol. The molecule has 11 heteroatoms. The lowest BCUT2D eigenvalue weighted by molar-refractivity contribution is -0.131. The summed E-state index contributed by atoms with van der Waals surface area (Å²) in [5.41, 5.74) is 2.62. The Bertz CT molecular complexity index is 1640. The van der Waals surface area contributed by atoms with Crippen LogP contribution in [-0.4, -0.2) is 60.7 Å². The van der Waals surface area contributed by atoms with Crippen molar-refractivity contribution in [2.24, 2.45) is 0 Å². The van der Waals surface area contributed by atoms with Crippen LogP contribution in [0.2, 0.25) is 0 Å². The molecule has 0 radical (unpaired) electrons. The number of phenols is 1. The zero-order chi connectivity index (χ0) is 29.1. The first-order valence-electron chi connectivity index (χ1n) is 14.5. The number of amides is 1. The Morgan fingerprint density at radius 1 is 1.12 bits per heavy atom. The van der Waals surface area contributed by atoms with Gasteiger partial charge in [0.15, 0.2) is 17.5 Å². The van der Waals surface area contributed by atoms with Crippen LogP contribution in [0.3, 0.4) is 0 Å². The van der Waals surface area contributed by atoms with Crippen LogP contribution in [-0.2, 0) is 11.3 Å². The minimum absolute atomic E-state index is 0.0105. The summed E-state index contributed by atoms with van der Waals surface area (Å²) in [6.07, 6.45) is 9.42. The van der Waals surface area contributed by atoms with E-state index in [0.29, 0.717) is 43.2 Å². The fraction of sp³-hybridized carbons (Fsp3) is 0.387. The van der Waals surface area contributed by atoms with Gasteiger partial charge in [-0.3, -0.25) is 4.79 Å². The molecule has 1 aromatic carbocycles. The molecule has 42 heavy (non-hydrogen) atoms. The van der Waals surface area contributed by atoms with E-state index in [1.807, 2.05) is 30.5 Å². The number of pyridine rings is 1. The van der Waals surface area contributed by atoms with Crippen LogP contribution in [0.5, 0.6) is 5.75 Å². The standard InChI is InChI=1S/C31H33FN8O2/c32-28-29(20-10-11-21(26(41)16-20)17-34-22-6-1-2-7-22)37-30(24-18-35-40-15-4-3-9-25(24)40)38-31(28)36-23-8-5-14-39(19-23)27(42)12-13-33/h3-4,9-11,15-16,18,22-23,34,41H,1-2,5-8,12,14,17,19H2,(H,36,37,38)/t23-/m1/s1. The largest absolute Gasteiger partial charge is 0.508 e. The molecule has 0 spiro atoms. The monoisotopic (exact) mass is 568 g/mol. The van der Waals surface area contributed by atoms with E-state index in [4.69, 9.17) is 5.26 Å². The number of piperidine rings is 1. The quantitative estimate of drug-likeness (QED) is 0.280. The highest BCUT2D eigenvalue weighted by Crippen LogP contribution is 2.33. The predicted octanol–water partition coefficient (Wildman–Crippen LogP) is 4.65. The molecule has 0 unspecified atom stereocenters. The van der Waals surface area contributed by atoms with Crippen molar-refractivity contribution in [3.8, 4) is 34.5 Å². The molecule has 1 atom stereocenters. The van der Waals surface area contributed by atoms with Gasteiger partial charge < -0.3 is 20.6 Å². The van der Waals surface area contributed by atoms with E-state index < -0.39 is 5.82 Å². The third-order valence-electron chi connectivity index (χ3n) is 8.16. The highest BCUT2D eigenvalue weighted by atomic mass is 19.1. The van der Waals surface area contributed by atoms with Crippen molar-refractivity contribution in [3.05, 3.63) is 60.2 Å². The van der Waals surface area contributed by atoms with E-state index in [9.17, 15) is 9.90 Å². The highest BCUT2D eigenvalue weighted by molar-refractivity contribution is 5.79. The zero-order valence-corrected chi connectivity index (χ0v) is 23.3. The van der Waals surface area contributed by atoms with Gasteiger partial charge in [-0.2, -0.15) is 10.4 Å². The van der Waals surface area contributed by atoms with E-state index in [-0.39, 0.29) is 41.5 Å². The first-order chi connectivity index (χ1) is 20.5. The number of likely N-dealkylation sites (tertiary alicyclic amines) is 1.